The molecule has 0 aliphatic heterocycles. The van der Waals surface area contributed by atoms with E-state index in [0.29, 0.717) is 11.3 Å². The molecule has 0 aromatic heterocycles. The number of rotatable bonds is 4. The van der Waals surface area contributed by atoms with Crippen molar-refractivity contribution >= 4 is 23.5 Å². The predicted octanol–water partition coefficient (Wildman–Crippen LogP) is 0.548. The number of esters is 1. The van der Waals surface area contributed by atoms with E-state index < -0.39 is 11.9 Å². The van der Waals surface area contributed by atoms with Gasteiger partial charge in [0.05, 0.1) is 7.11 Å². The lowest BCUT2D eigenvalue weighted by Crippen LogP contribution is -2.19. The maximum atomic E-state index is 11.4. The molecule has 0 spiro atoms. The monoisotopic (exact) mass is 250 g/mol. The molecule has 0 unspecified atom stereocenters. The van der Waals surface area contributed by atoms with Crippen molar-refractivity contribution in [3.05, 3.63) is 29.8 Å². The first kappa shape index (κ1) is 13.7. The van der Waals surface area contributed by atoms with Crippen molar-refractivity contribution < 1.29 is 19.1 Å². The number of anilines is 1. The summed E-state index contributed by atoms with van der Waals surface area (Å²) >= 11 is 0. The van der Waals surface area contributed by atoms with Gasteiger partial charge in [-0.3, -0.25) is 14.4 Å². The van der Waals surface area contributed by atoms with E-state index in [1.807, 2.05) is 0 Å². The van der Waals surface area contributed by atoms with Gasteiger partial charge in [-0.15, -0.1) is 0 Å². The van der Waals surface area contributed by atoms with Crippen LogP contribution in [0, 0.1) is 0 Å². The third-order valence-electron chi connectivity index (χ3n) is 2.17. The van der Waals surface area contributed by atoms with E-state index in [4.69, 9.17) is 0 Å². The minimum Gasteiger partial charge on any atom is -0.469 e. The van der Waals surface area contributed by atoms with Gasteiger partial charge in [0.2, 0.25) is 5.91 Å². The van der Waals surface area contributed by atoms with E-state index >= 15 is 0 Å². The molecule has 2 amide bonds. The average Bonchev–Trinajstić information content (AvgIpc) is 2.37. The summed E-state index contributed by atoms with van der Waals surface area (Å²) < 4.78 is 4.37. The number of hydrogen-bond acceptors (Lipinski definition) is 4. The van der Waals surface area contributed by atoms with E-state index in [2.05, 4.69) is 15.4 Å². The molecule has 6 nitrogen and oxygen atoms in total. The Morgan fingerprint density at radius 1 is 1.28 bits per heavy atom. The molecule has 0 saturated heterocycles. The lowest BCUT2D eigenvalue weighted by Gasteiger charge is -2.06. The Kier molecular flexibility index (Phi) is 4.86. The van der Waals surface area contributed by atoms with Crippen molar-refractivity contribution in [2.45, 2.75) is 6.42 Å². The molecule has 2 N–H and O–H groups in total. The Hall–Kier alpha value is -2.37. The Bertz CT molecular complexity index is 471. The van der Waals surface area contributed by atoms with Crippen LogP contribution in [0.4, 0.5) is 5.69 Å². The van der Waals surface area contributed by atoms with Gasteiger partial charge in [-0.05, 0) is 18.2 Å². The first-order chi connectivity index (χ1) is 8.56. The van der Waals surface area contributed by atoms with Gasteiger partial charge in [0.1, 0.15) is 6.42 Å². The number of carbonyl (C=O) groups excluding carboxylic acids is 3. The molecular formula is C12H14N2O4. The van der Waals surface area contributed by atoms with Crippen LogP contribution >= 0.6 is 0 Å². The fraction of sp³-hybridized carbons (Fsp3) is 0.250. The van der Waals surface area contributed by atoms with E-state index in [0.717, 1.165) is 0 Å². The molecule has 18 heavy (non-hydrogen) atoms. The molecule has 1 rings (SSSR count). The Morgan fingerprint density at radius 2 is 2.00 bits per heavy atom. The molecule has 96 valence electrons. The van der Waals surface area contributed by atoms with Gasteiger partial charge < -0.3 is 15.4 Å². The Balaban J connectivity index is 2.70. The van der Waals surface area contributed by atoms with Crippen LogP contribution in [-0.4, -0.2) is 31.9 Å². The Labute approximate surface area is 104 Å². The van der Waals surface area contributed by atoms with Crippen molar-refractivity contribution in [3.8, 4) is 0 Å². The third kappa shape index (κ3) is 3.89. The van der Waals surface area contributed by atoms with Gasteiger partial charge in [-0.25, -0.2) is 0 Å². The predicted molar refractivity (Wildman–Crippen MR) is 65.1 cm³/mol. The van der Waals surface area contributed by atoms with Crippen LogP contribution in [0.15, 0.2) is 24.3 Å². The largest absolute Gasteiger partial charge is 0.469 e. The SMILES string of the molecule is CNC(=O)c1cccc(NC(=O)CC(=O)OC)c1. The highest BCUT2D eigenvalue weighted by Crippen LogP contribution is 2.11. The zero-order valence-corrected chi connectivity index (χ0v) is 10.1. The maximum Gasteiger partial charge on any atom is 0.315 e. The molecule has 0 aliphatic rings. The minimum atomic E-state index is -0.616. The van der Waals surface area contributed by atoms with Gasteiger partial charge in [0.15, 0.2) is 0 Å². The topological polar surface area (TPSA) is 84.5 Å². The van der Waals surface area contributed by atoms with Gasteiger partial charge >= 0.3 is 5.97 Å². The first-order valence-electron chi connectivity index (χ1n) is 5.25. The number of benzene rings is 1. The molecule has 0 atom stereocenters. The molecule has 0 radical (unpaired) electrons. The second-order valence-corrected chi connectivity index (χ2v) is 3.46. The zero-order chi connectivity index (χ0) is 13.5. The van der Waals surface area contributed by atoms with E-state index in [1.54, 1.807) is 18.2 Å². The standard InChI is InChI=1S/C12H14N2O4/c1-13-12(17)8-4-3-5-9(6-8)14-10(15)7-11(16)18-2/h3-6H,7H2,1-2H3,(H,13,17)(H,14,15). The quantitative estimate of drug-likeness (QED) is 0.603. The molecule has 0 bridgehead atoms. The zero-order valence-electron chi connectivity index (χ0n) is 10.1. The normalized spacial score (nSPS) is 9.44. The molecule has 6 heteroatoms. The molecule has 0 aliphatic carbocycles. The molecule has 0 heterocycles. The molecule has 0 saturated carbocycles. The van der Waals surface area contributed by atoms with Crippen molar-refractivity contribution in [2.75, 3.05) is 19.5 Å². The smallest absolute Gasteiger partial charge is 0.315 e. The van der Waals surface area contributed by atoms with Gasteiger partial charge in [-0.2, -0.15) is 0 Å². The second-order valence-electron chi connectivity index (χ2n) is 3.46. The summed E-state index contributed by atoms with van der Waals surface area (Å²) in [7, 11) is 2.73. The fourth-order valence-corrected chi connectivity index (χ4v) is 1.29. The van der Waals surface area contributed by atoms with E-state index in [1.165, 1.54) is 20.2 Å². The molecular weight excluding hydrogens is 236 g/mol. The fourth-order valence-electron chi connectivity index (χ4n) is 1.29. The highest BCUT2D eigenvalue weighted by molar-refractivity contribution is 6.02. The van der Waals surface area contributed by atoms with Crippen molar-refractivity contribution in [2.24, 2.45) is 0 Å². The first-order valence-corrected chi connectivity index (χ1v) is 5.25. The number of hydrogen-bond donors (Lipinski definition) is 2. The van der Waals surface area contributed by atoms with Crippen LogP contribution in [0.1, 0.15) is 16.8 Å². The van der Waals surface area contributed by atoms with Gasteiger partial charge in [0.25, 0.3) is 5.91 Å². The lowest BCUT2D eigenvalue weighted by molar-refractivity contribution is -0.142. The average molecular weight is 250 g/mol. The number of ether oxygens (including phenoxy) is 1. The minimum absolute atomic E-state index is 0.251. The third-order valence-corrected chi connectivity index (χ3v) is 2.17. The van der Waals surface area contributed by atoms with E-state index in [-0.39, 0.29) is 12.3 Å². The van der Waals surface area contributed by atoms with Crippen LogP contribution in [0.5, 0.6) is 0 Å². The number of nitrogens with one attached hydrogen (secondary N) is 2. The van der Waals surface area contributed by atoms with Crippen LogP contribution in [0.2, 0.25) is 0 Å². The summed E-state index contributed by atoms with van der Waals surface area (Å²) in [6.45, 7) is 0. The molecule has 0 fully saturated rings. The summed E-state index contributed by atoms with van der Waals surface area (Å²) in [6.07, 6.45) is -0.360. The maximum absolute atomic E-state index is 11.4. The molecule has 1 aromatic rings. The number of carbonyl (C=O) groups is 3. The summed E-state index contributed by atoms with van der Waals surface area (Å²) in [5.41, 5.74) is 0.873. The molecule has 1 aromatic carbocycles. The van der Waals surface area contributed by atoms with Crippen LogP contribution < -0.4 is 10.6 Å². The van der Waals surface area contributed by atoms with Crippen molar-refractivity contribution in [1.29, 1.82) is 0 Å². The highest BCUT2D eigenvalue weighted by Gasteiger charge is 2.10. The summed E-state index contributed by atoms with van der Waals surface area (Å²) in [5.74, 6) is -1.36. The van der Waals surface area contributed by atoms with Crippen molar-refractivity contribution in [1.82, 2.24) is 5.32 Å². The number of amides is 2. The summed E-state index contributed by atoms with van der Waals surface area (Å²) in [4.78, 5) is 33.7. The van der Waals surface area contributed by atoms with Gasteiger partial charge in [0, 0.05) is 18.3 Å². The summed E-state index contributed by atoms with van der Waals surface area (Å²) in [6, 6.07) is 6.41. The van der Waals surface area contributed by atoms with Crippen LogP contribution in [0.25, 0.3) is 0 Å². The number of methoxy groups -OCH3 is 1. The second kappa shape index (κ2) is 6.39. The lowest BCUT2D eigenvalue weighted by atomic mass is 10.2. The van der Waals surface area contributed by atoms with E-state index in [9.17, 15) is 14.4 Å². The van der Waals surface area contributed by atoms with Crippen LogP contribution in [-0.2, 0) is 14.3 Å². The van der Waals surface area contributed by atoms with Crippen LogP contribution in [0.3, 0.4) is 0 Å². The highest BCUT2D eigenvalue weighted by atomic mass is 16.5. The summed E-state index contributed by atoms with van der Waals surface area (Å²) in [5, 5.41) is 4.98. The van der Waals surface area contributed by atoms with Crippen molar-refractivity contribution in [3.63, 3.8) is 0 Å². The Morgan fingerprint density at radius 3 is 2.61 bits per heavy atom. The van der Waals surface area contributed by atoms with Gasteiger partial charge in [-0.1, -0.05) is 6.07 Å².